The van der Waals surface area contributed by atoms with E-state index in [1.807, 2.05) is 0 Å². The van der Waals surface area contributed by atoms with Crippen molar-refractivity contribution in [3.8, 4) is 0 Å². The highest BCUT2D eigenvalue weighted by atomic mass is 19.4. The summed E-state index contributed by atoms with van der Waals surface area (Å²) in [5.41, 5.74) is -0.106. The van der Waals surface area contributed by atoms with Crippen molar-refractivity contribution in [3.05, 3.63) is 83.3 Å². The van der Waals surface area contributed by atoms with Crippen LogP contribution in [0.3, 0.4) is 0 Å². The molecule has 11 heteroatoms. The molecule has 0 radical (unpaired) electrons. The van der Waals surface area contributed by atoms with Crippen molar-refractivity contribution >= 4 is 35.4 Å². The number of hydrogen-bond donors (Lipinski definition) is 2. The Kier molecular flexibility index (Phi) is 8.03. The van der Waals surface area contributed by atoms with Crippen LogP contribution in [0.5, 0.6) is 0 Å². The van der Waals surface area contributed by atoms with Gasteiger partial charge in [0, 0.05) is 5.69 Å². The second kappa shape index (κ2) is 11.1. The van der Waals surface area contributed by atoms with Crippen LogP contribution < -0.4 is 10.6 Å². The Hall–Kier alpha value is -4.41. The Morgan fingerprint density at radius 1 is 1.03 bits per heavy atom. The molecule has 0 aliphatic carbocycles. The van der Waals surface area contributed by atoms with Gasteiger partial charge < -0.3 is 19.8 Å². The van der Waals surface area contributed by atoms with Gasteiger partial charge in [0.25, 0.3) is 0 Å². The summed E-state index contributed by atoms with van der Waals surface area (Å²) < 4.78 is 48.7. The number of furan rings is 1. The van der Waals surface area contributed by atoms with Crippen molar-refractivity contribution in [3.63, 3.8) is 0 Å². The molecular formula is C24H20F3N3O5. The Labute approximate surface area is 197 Å². The predicted octanol–water partition coefficient (Wildman–Crippen LogP) is 4.48. The summed E-state index contributed by atoms with van der Waals surface area (Å²) in [5, 5.41) is 4.79. The van der Waals surface area contributed by atoms with Crippen molar-refractivity contribution in [2.24, 2.45) is 4.99 Å². The van der Waals surface area contributed by atoms with Crippen LogP contribution in [0, 0.1) is 0 Å². The van der Waals surface area contributed by atoms with Gasteiger partial charge in [-0.2, -0.15) is 13.2 Å². The van der Waals surface area contributed by atoms with Gasteiger partial charge >= 0.3 is 24.0 Å². The minimum Gasteiger partial charge on any atom is -0.462 e. The largest absolute Gasteiger partial charge is 0.462 e. The topological polar surface area (TPSA) is 110 Å². The number of nitrogens with one attached hydrogen (secondary N) is 2. The highest BCUT2D eigenvalue weighted by Crippen LogP contribution is 2.31. The van der Waals surface area contributed by atoms with Crippen LogP contribution in [-0.4, -0.2) is 30.6 Å². The molecule has 35 heavy (non-hydrogen) atoms. The van der Waals surface area contributed by atoms with Gasteiger partial charge in [0.05, 0.1) is 36.2 Å². The van der Waals surface area contributed by atoms with Crippen LogP contribution in [0.15, 0.2) is 70.1 Å². The maximum absolute atomic E-state index is 12.8. The summed E-state index contributed by atoms with van der Waals surface area (Å²) in [4.78, 5) is 39.7. The van der Waals surface area contributed by atoms with Crippen molar-refractivity contribution in [1.82, 2.24) is 5.32 Å². The fraction of sp³-hybridized carbons (Fsp3) is 0.167. The van der Waals surface area contributed by atoms with Crippen molar-refractivity contribution < 1.29 is 36.7 Å². The van der Waals surface area contributed by atoms with E-state index in [2.05, 4.69) is 15.6 Å². The van der Waals surface area contributed by atoms with Gasteiger partial charge in [-0.05, 0) is 61.5 Å². The fourth-order valence-corrected chi connectivity index (χ4v) is 2.80. The van der Waals surface area contributed by atoms with Crippen LogP contribution in [0.4, 0.5) is 24.5 Å². The number of alkyl halides is 3. The molecular weight excluding hydrogens is 467 g/mol. The van der Waals surface area contributed by atoms with E-state index in [4.69, 9.17) is 9.15 Å². The third kappa shape index (κ3) is 7.29. The molecule has 0 aliphatic heterocycles. The number of ether oxygens (including phenoxy) is 1. The number of aliphatic imine (C=N–C) groups is 1. The maximum atomic E-state index is 12.8. The summed E-state index contributed by atoms with van der Waals surface area (Å²) >= 11 is 0. The molecule has 2 N–H and O–H groups in total. The van der Waals surface area contributed by atoms with Crippen LogP contribution in [0.2, 0.25) is 0 Å². The van der Waals surface area contributed by atoms with E-state index in [0.717, 1.165) is 12.1 Å². The Balaban J connectivity index is 1.51. The smallest absolute Gasteiger partial charge is 0.416 e. The number of esters is 1. The molecule has 0 aliphatic rings. The number of benzene rings is 2. The Morgan fingerprint density at radius 2 is 1.77 bits per heavy atom. The van der Waals surface area contributed by atoms with Gasteiger partial charge in [0.15, 0.2) is 0 Å². The zero-order chi connectivity index (χ0) is 25.4. The standard InChI is InChI=1S/C24H20F3N3O5/c1-2-34-23(33)15-6-8-17(9-7-15)30-22(32)21(31)29-14-20-11-10-19(35-20)13-28-18-5-3-4-16(12-18)24(25,26)27/h3-13H,2,14H2,1H3,(H,29,31)(H,30,32). The van der Waals surface area contributed by atoms with Crippen molar-refractivity contribution in [1.29, 1.82) is 0 Å². The van der Waals surface area contributed by atoms with Crippen LogP contribution >= 0.6 is 0 Å². The lowest BCUT2D eigenvalue weighted by molar-refractivity contribution is -0.137. The predicted molar refractivity (Wildman–Crippen MR) is 120 cm³/mol. The van der Waals surface area contributed by atoms with Crippen molar-refractivity contribution in [2.75, 3.05) is 11.9 Å². The van der Waals surface area contributed by atoms with Crippen LogP contribution in [0.1, 0.15) is 34.4 Å². The average Bonchev–Trinajstić information content (AvgIpc) is 3.29. The summed E-state index contributed by atoms with van der Waals surface area (Å²) in [5.74, 6) is -1.80. The molecule has 0 unspecified atom stereocenters. The van der Waals surface area contributed by atoms with E-state index in [1.165, 1.54) is 54.7 Å². The van der Waals surface area contributed by atoms with Gasteiger partial charge in [-0.3, -0.25) is 14.6 Å². The number of rotatable bonds is 7. The minimum atomic E-state index is -4.47. The summed E-state index contributed by atoms with van der Waals surface area (Å²) in [6.07, 6.45) is -3.23. The first-order valence-electron chi connectivity index (χ1n) is 10.3. The van der Waals surface area contributed by atoms with Crippen molar-refractivity contribution in [2.45, 2.75) is 19.6 Å². The van der Waals surface area contributed by atoms with Crippen LogP contribution in [-0.2, 0) is 27.0 Å². The lowest BCUT2D eigenvalue weighted by Crippen LogP contribution is -2.34. The molecule has 0 fully saturated rings. The minimum absolute atomic E-state index is 0.0954. The second-order valence-electron chi connectivity index (χ2n) is 7.04. The number of carbonyl (C=O) groups excluding carboxylic acids is 3. The third-order valence-corrected chi connectivity index (χ3v) is 4.48. The number of amides is 2. The Morgan fingerprint density at radius 3 is 2.46 bits per heavy atom. The van der Waals surface area contributed by atoms with Gasteiger partial charge in [0.2, 0.25) is 0 Å². The van der Waals surface area contributed by atoms with E-state index in [-0.39, 0.29) is 24.6 Å². The monoisotopic (exact) mass is 487 g/mol. The van der Waals surface area contributed by atoms with E-state index in [0.29, 0.717) is 17.0 Å². The molecule has 0 bridgehead atoms. The van der Waals surface area contributed by atoms with Gasteiger partial charge in [-0.1, -0.05) is 6.07 Å². The average molecular weight is 487 g/mol. The molecule has 0 saturated heterocycles. The normalized spacial score (nSPS) is 11.3. The zero-order valence-electron chi connectivity index (χ0n) is 18.4. The highest BCUT2D eigenvalue weighted by molar-refractivity contribution is 6.39. The summed E-state index contributed by atoms with van der Waals surface area (Å²) in [7, 11) is 0. The van der Waals surface area contributed by atoms with Crippen LogP contribution in [0.25, 0.3) is 0 Å². The number of nitrogens with zero attached hydrogens (tertiary/aromatic N) is 1. The van der Waals surface area contributed by atoms with Gasteiger partial charge in [0.1, 0.15) is 11.5 Å². The first-order chi connectivity index (χ1) is 16.7. The first kappa shape index (κ1) is 25.2. The molecule has 1 heterocycles. The lowest BCUT2D eigenvalue weighted by atomic mass is 10.2. The molecule has 182 valence electrons. The number of anilines is 1. The fourth-order valence-electron chi connectivity index (χ4n) is 2.80. The number of carbonyl (C=O) groups is 3. The molecule has 2 aromatic carbocycles. The molecule has 8 nitrogen and oxygen atoms in total. The number of halogens is 3. The first-order valence-corrected chi connectivity index (χ1v) is 10.3. The zero-order valence-corrected chi connectivity index (χ0v) is 18.4. The van der Waals surface area contributed by atoms with Gasteiger partial charge in [-0.15, -0.1) is 0 Å². The molecule has 0 atom stereocenters. The molecule has 3 aromatic rings. The quantitative estimate of drug-likeness (QED) is 0.290. The summed E-state index contributed by atoms with van der Waals surface area (Å²) in [6, 6.07) is 13.4. The SMILES string of the molecule is CCOC(=O)c1ccc(NC(=O)C(=O)NCc2ccc(C=Nc3cccc(C(F)(F)F)c3)o2)cc1. The summed E-state index contributed by atoms with van der Waals surface area (Å²) in [6.45, 7) is 1.81. The number of hydrogen-bond acceptors (Lipinski definition) is 6. The Bertz CT molecular complexity index is 1230. The van der Waals surface area contributed by atoms with E-state index in [9.17, 15) is 27.6 Å². The highest BCUT2D eigenvalue weighted by Gasteiger charge is 2.30. The molecule has 3 rings (SSSR count). The van der Waals surface area contributed by atoms with E-state index >= 15 is 0 Å². The second-order valence-corrected chi connectivity index (χ2v) is 7.04. The lowest BCUT2D eigenvalue weighted by Gasteiger charge is -2.07. The molecule has 1 aromatic heterocycles. The van der Waals surface area contributed by atoms with Gasteiger partial charge in [-0.25, -0.2) is 4.79 Å². The molecule has 0 saturated carbocycles. The third-order valence-electron chi connectivity index (χ3n) is 4.48. The van der Waals surface area contributed by atoms with E-state index < -0.39 is 29.5 Å². The molecule has 2 amide bonds. The van der Waals surface area contributed by atoms with E-state index in [1.54, 1.807) is 6.92 Å². The maximum Gasteiger partial charge on any atom is 0.416 e. The molecule has 0 spiro atoms.